The molecule has 0 fully saturated rings. The summed E-state index contributed by atoms with van der Waals surface area (Å²) in [6.45, 7) is 0. The van der Waals surface area contributed by atoms with E-state index in [1.807, 2.05) is 35.7 Å². The summed E-state index contributed by atoms with van der Waals surface area (Å²) in [6.07, 6.45) is 0.142. The predicted octanol–water partition coefficient (Wildman–Crippen LogP) is 3.80. The molecule has 0 saturated carbocycles. The third-order valence-corrected chi connectivity index (χ3v) is 4.27. The van der Waals surface area contributed by atoms with Gasteiger partial charge in [-0.2, -0.15) is 0 Å². The zero-order valence-electron chi connectivity index (χ0n) is 9.39. The zero-order chi connectivity index (χ0) is 12.3. The van der Waals surface area contributed by atoms with Crippen molar-refractivity contribution in [3.05, 3.63) is 50.6 Å². The molecule has 0 amide bonds. The van der Waals surface area contributed by atoms with Crippen LogP contribution in [0.25, 0.3) is 0 Å². The molecule has 1 N–H and O–H groups in total. The molecule has 1 heterocycles. The molecule has 1 aromatic carbocycles. The fourth-order valence-corrected chi connectivity index (χ4v) is 3.06. The normalized spacial score (nSPS) is 12.4. The third-order valence-electron chi connectivity index (χ3n) is 2.48. The Morgan fingerprint density at radius 3 is 2.88 bits per heavy atom. The first-order chi connectivity index (χ1) is 8.19. The number of benzene rings is 1. The molecule has 17 heavy (non-hydrogen) atoms. The fraction of sp³-hybridized carbons (Fsp3) is 0.231. The first kappa shape index (κ1) is 12.6. The molecule has 1 atom stereocenters. The minimum atomic E-state index is -0.460. The summed E-state index contributed by atoms with van der Waals surface area (Å²) >= 11 is 4.95. The second-order valence-electron chi connectivity index (χ2n) is 3.74. The van der Waals surface area contributed by atoms with Crippen LogP contribution in [-0.2, 0) is 6.42 Å². The number of hydrogen-bond acceptors (Lipinski definition) is 3. The predicted molar refractivity (Wildman–Crippen MR) is 73.7 cm³/mol. The summed E-state index contributed by atoms with van der Waals surface area (Å²) in [5.41, 5.74) is 1.07. The number of thiophene rings is 1. The number of aliphatic hydroxyl groups is 1. The van der Waals surface area contributed by atoms with E-state index in [2.05, 4.69) is 15.9 Å². The zero-order valence-corrected chi connectivity index (χ0v) is 11.8. The van der Waals surface area contributed by atoms with E-state index in [0.29, 0.717) is 6.42 Å². The lowest BCUT2D eigenvalue weighted by Crippen LogP contribution is -1.99. The highest BCUT2D eigenvalue weighted by Gasteiger charge is 2.11. The van der Waals surface area contributed by atoms with Gasteiger partial charge in [0.1, 0.15) is 5.75 Å². The molecular formula is C13H13BrO2S. The molecule has 2 nitrogen and oxygen atoms in total. The number of hydrogen-bond donors (Lipinski definition) is 1. The second-order valence-corrected chi connectivity index (χ2v) is 5.60. The molecule has 0 spiro atoms. The van der Waals surface area contributed by atoms with Gasteiger partial charge in [-0.05, 0) is 39.7 Å². The topological polar surface area (TPSA) is 29.5 Å². The average Bonchev–Trinajstić information content (AvgIpc) is 2.76. The Morgan fingerprint density at radius 2 is 2.24 bits per heavy atom. The van der Waals surface area contributed by atoms with Crippen molar-refractivity contribution >= 4 is 27.3 Å². The molecule has 0 radical (unpaired) electrons. The van der Waals surface area contributed by atoms with Gasteiger partial charge in [0.05, 0.1) is 13.2 Å². The first-order valence-electron chi connectivity index (χ1n) is 5.24. The summed E-state index contributed by atoms with van der Waals surface area (Å²) in [6, 6.07) is 9.73. The molecule has 4 heteroatoms. The molecule has 0 saturated heterocycles. The Morgan fingerprint density at radius 1 is 1.41 bits per heavy atom. The van der Waals surface area contributed by atoms with Gasteiger partial charge in [0, 0.05) is 21.2 Å². The van der Waals surface area contributed by atoms with Gasteiger partial charge in [-0.15, -0.1) is 11.3 Å². The summed E-state index contributed by atoms with van der Waals surface area (Å²) in [5, 5.41) is 12.1. The summed E-state index contributed by atoms with van der Waals surface area (Å²) in [7, 11) is 1.64. The van der Waals surface area contributed by atoms with E-state index < -0.39 is 6.10 Å². The van der Waals surface area contributed by atoms with Crippen molar-refractivity contribution in [2.75, 3.05) is 7.11 Å². The van der Waals surface area contributed by atoms with E-state index in [0.717, 1.165) is 20.7 Å². The van der Waals surface area contributed by atoms with Gasteiger partial charge < -0.3 is 9.84 Å². The Balaban J connectivity index is 2.09. The lowest BCUT2D eigenvalue weighted by atomic mass is 10.1. The van der Waals surface area contributed by atoms with E-state index >= 15 is 0 Å². The standard InChI is InChI=1S/C13H13BrO2S/c1-16-11-4-2-3-9(5-11)6-12(15)13-7-10(14)8-17-13/h2-5,7-8,12,15H,6H2,1H3. The molecule has 2 rings (SSSR count). The largest absolute Gasteiger partial charge is 0.497 e. The minimum Gasteiger partial charge on any atom is -0.497 e. The maximum Gasteiger partial charge on any atom is 0.119 e. The Hall–Kier alpha value is -0.840. The second kappa shape index (κ2) is 5.67. The number of ether oxygens (including phenoxy) is 1. The van der Waals surface area contributed by atoms with E-state index in [1.165, 1.54) is 0 Å². The smallest absolute Gasteiger partial charge is 0.119 e. The van der Waals surface area contributed by atoms with Crippen LogP contribution in [0.3, 0.4) is 0 Å². The molecule has 1 unspecified atom stereocenters. The van der Waals surface area contributed by atoms with E-state index in [1.54, 1.807) is 18.4 Å². The minimum absolute atomic E-state index is 0.460. The Labute approximate surface area is 113 Å². The molecular weight excluding hydrogens is 300 g/mol. The molecule has 1 aromatic heterocycles. The number of methoxy groups -OCH3 is 1. The average molecular weight is 313 g/mol. The fourth-order valence-electron chi connectivity index (χ4n) is 1.63. The van der Waals surface area contributed by atoms with Crippen molar-refractivity contribution in [2.45, 2.75) is 12.5 Å². The first-order valence-corrected chi connectivity index (χ1v) is 6.91. The lowest BCUT2D eigenvalue weighted by molar-refractivity contribution is 0.182. The molecule has 0 aliphatic rings. The van der Waals surface area contributed by atoms with Crippen LogP contribution < -0.4 is 4.74 Å². The van der Waals surface area contributed by atoms with Gasteiger partial charge in [0.2, 0.25) is 0 Å². The monoisotopic (exact) mass is 312 g/mol. The highest BCUT2D eigenvalue weighted by atomic mass is 79.9. The third kappa shape index (κ3) is 3.31. The summed E-state index contributed by atoms with van der Waals surface area (Å²) < 4.78 is 6.18. The van der Waals surface area contributed by atoms with Gasteiger partial charge in [-0.25, -0.2) is 0 Å². The highest BCUT2D eigenvalue weighted by molar-refractivity contribution is 9.10. The maximum absolute atomic E-state index is 10.1. The van der Waals surface area contributed by atoms with Crippen molar-refractivity contribution < 1.29 is 9.84 Å². The molecule has 0 aliphatic carbocycles. The number of rotatable bonds is 4. The van der Waals surface area contributed by atoms with Crippen molar-refractivity contribution in [3.8, 4) is 5.75 Å². The van der Waals surface area contributed by atoms with Crippen molar-refractivity contribution in [3.63, 3.8) is 0 Å². The molecule has 0 aliphatic heterocycles. The van der Waals surface area contributed by atoms with Gasteiger partial charge in [-0.3, -0.25) is 0 Å². The summed E-state index contributed by atoms with van der Waals surface area (Å²) in [5.74, 6) is 0.821. The van der Waals surface area contributed by atoms with Crippen molar-refractivity contribution in [2.24, 2.45) is 0 Å². The van der Waals surface area contributed by atoms with Crippen LogP contribution >= 0.6 is 27.3 Å². The van der Waals surface area contributed by atoms with E-state index in [-0.39, 0.29) is 0 Å². The molecule has 2 aromatic rings. The lowest BCUT2D eigenvalue weighted by Gasteiger charge is -2.09. The van der Waals surface area contributed by atoms with Crippen LogP contribution in [0.15, 0.2) is 40.2 Å². The van der Waals surface area contributed by atoms with Crippen molar-refractivity contribution in [1.82, 2.24) is 0 Å². The van der Waals surface area contributed by atoms with Crippen LogP contribution in [-0.4, -0.2) is 12.2 Å². The van der Waals surface area contributed by atoms with Gasteiger partial charge >= 0.3 is 0 Å². The van der Waals surface area contributed by atoms with E-state index in [4.69, 9.17) is 4.74 Å². The van der Waals surface area contributed by atoms with E-state index in [9.17, 15) is 5.11 Å². The molecule has 0 bridgehead atoms. The number of halogens is 1. The molecule has 90 valence electrons. The van der Waals surface area contributed by atoms with Crippen molar-refractivity contribution in [1.29, 1.82) is 0 Å². The maximum atomic E-state index is 10.1. The summed E-state index contributed by atoms with van der Waals surface area (Å²) in [4.78, 5) is 0.972. The van der Waals surface area contributed by atoms with Crippen LogP contribution in [0, 0.1) is 0 Å². The van der Waals surface area contributed by atoms with Gasteiger partial charge in [0.15, 0.2) is 0 Å². The van der Waals surface area contributed by atoms with Gasteiger partial charge in [-0.1, -0.05) is 12.1 Å². The Kier molecular flexibility index (Phi) is 4.20. The quantitative estimate of drug-likeness (QED) is 0.930. The Bertz CT molecular complexity index is 496. The number of aliphatic hydroxyl groups excluding tert-OH is 1. The van der Waals surface area contributed by atoms with Crippen LogP contribution in [0.2, 0.25) is 0 Å². The van der Waals surface area contributed by atoms with Crippen LogP contribution in [0.4, 0.5) is 0 Å². The van der Waals surface area contributed by atoms with Crippen LogP contribution in [0.5, 0.6) is 5.75 Å². The van der Waals surface area contributed by atoms with Crippen LogP contribution in [0.1, 0.15) is 16.5 Å². The SMILES string of the molecule is COc1cccc(CC(O)c2cc(Br)cs2)c1. The highest BCUT2D eigenvalue weighted by Crippen LogP contribution is 2.28. The van der Waals surface area contributed by atoms with Gasteiger partial charge in [0.25, 0.3) is 0 Å².